The van der Waals surface area contributed by atoms with E-state index < -0.39 is 5.82 Å². The molecule has 2 aliphatic heterocycles. The molecule has 5 heterocycles. The van der Waals surface area contributed by atoms with Gasteiger partial charge in [-0.2, -0.15) is 5.10 Å². The van der Waals surface area contributed by atoms with E-state index in [1.165, 1.54) is 11.3 Å². The van der Waals surface area contributed by atoms with Gasteiger partial charge in [0.25, 0.3) is 5.91 Å². The van der Waals surface area contributed by atoms with Gasteiger partial charge in [-0.1, -0.05) is 0 Å². The quantitative estimate of drug-likeness (QED) is 0.614. The molecule has 3 aromatic heterocycles. The van der Waals surface area contributed by atoms with Crippen LogP contribution in [0.3, 0.4) is 0 Å². The molecular weight excluding hydrogens is 383 g/mol. The zero-order valence-corrected chi connectivity index (χ0v) is 16.0. The summed E-state index contributed by atoms with van der Waals surface area (Å²) in [7, 11) is 1.85. The number of amides is 1. The van der Waals surface area contributed by atoms with Gasteiger partial charge < -0.3 is 21.1 Å². The van der Waals surface area contributed by atoms with Crippen LogP contribution in [-0.4, -0.2) is 46.0 Å². The molecule has 2 atom stereocenters. The molecule has 1 fully saturated rings. The van der Waals surface area contributed by atoms with Crippen molar-refractivity contribution in [1.29, 1.82) is 0 Å². The topological polar surface area (TPSA) is 107 Å². The first kappa shape index (κ1) is 17.5. The maximum atomic E-state index is 15.1. The van der Waals surface area contributed by atoms with Gasteiger partial charge in [-0.05, 0) is 12.5 Å². The number of carbonyl (C=O) groups is 1. The highest BCUT2D eigenvalue weighted by Crippen LogP contribution is 2.38. The van der Waals surface area contributed by atoms with Gasteiger partial charge in [0.2, 0.25) is 0 Å². The highest BCUT2D eigenvalue weighted by atomic mass is 32.1. The number of fused-ring (bicyclic) bond motifs is 2. The number of aryl methyl sites for hydroxylation is 1. The second-order valence-electron chi connectivity index (χ2n) is 7.07. The lowest BCUT2D eigenvalue weighted by atomic mass is 10.0. The third-order valence-electron chi connectivity index (χ3n) is 5.28. The largest absolute Gasteiger partial charge is 0.380 e. The fourth-order valence-corrected chi connectivity index (χ4v) is 4.77. The average Bonchev–Trinajstić information content (AvgIpc) is 3.36. The predicted octanol–water partition coefficient (Wildman–Crippen LogP) is 1.61. The van der Waals surface area contributed by atoms with Crippen LogP contribution in [0.4, 0.5) is 10.2 Å². The number of ether oxygens (including phenoxy) is 1. The molecule has 28 heavy (non-hydrogen) atoms. The summed E-state index contributed by atoms with van der Waals surface area (Å²) in [6, 6.07) is 1.54. The molecule has 0 aliphatic carbocycles. The number of aromatic nitrogens is 3. The average molecular weight is 402 g/mol. The van der Waals surface area contributed by atoms with Crippen LogP contribution in [0.2, 0.25) is 0 Å². The van der Waals surface area contributed by atoms with Crippen LogP contribution in [-0.2, 0) is 18.3 Å². The van der Waals surface area contributed by atoms with Crippen LogP contribution in [0.15, 0.2) is 12.3 Å². The van der Waals surface area contributed by atoms with E-state index in [0.29, 0.717) is 36.5 Å². The lowest BCUT2D eigenvalue weighted by Crippen LogP contribution is -2.48. The zero-order valence-electron chi connectivity index (χ0n) is 15.2. The van der Waals surface area contributed by atoms with Crippen molar-refractivity contribution in [1.82, 2.24) is 20.1 Å². The van der Waals surface area contributed by atoms with Crippen molar-refractivity contribution >= 4 is 33.3 Å². The summed E-state index contributed by atoms with van der Waals surface area (Å²) >= 11 is 1.48. The summed E-state index contributed by atoms with van der Waals surface area (Å²) in [5.74, 6) is -0.678. The van der Waals surface area contributed by atoms with Crippen LogP contribution in [0.25, 0.3) is 20.8 Å². The first-order chi connectivity index (χ1) is 13.5. The van der Waals surface area contributed by atoms with E-state index in [1.807, 2.05) is 13.1 Å². The highest BCUT2D eigenvalue weighted by Gasteiger charge is 2.32. The molecule has 0 radical (unpaired) electrons. The van der Waals surface area contributed by atoms with E-state index in [0.717, 1.165) is 15.1 Å². The Labute approximate surface area is 163 Å². The van der Waals surface area contributed by atoms with E-state index in [-0.39, 0.29) is 30.4 Å². The lowest BCUT2D eigenvalue weighted by Gasteiger charge is -2.30. The Hall–Kier alpha value is -2.56. The van der Waals surface area contributed by atoms with Crippen molar-refractivity contribution in [3.8, 4) is 10.6 Å². The standard InChI is InChI=1S/C18H19FN6O2S/c1-25-11-4-12(28-13(11)6-22-25)16-14-8(5-21-18(14)26)15(19)17(24-16)23-10-2-3-27-7-9(10)20/h4,6,9-10H,2-3,5,7,20H2,1H3,(H,21,26)(H,23,24). The smallest absolute Gasteiger partial charge is 0.254 e. The number of hydrogen-bond donors (Lipinski definition) is 3. The molecule has 5 rings (SSSR count). The minimum absolute atomic E-state index is 0.128. The molecule has 0 saturated carbocycles. The number of nitrogens with one attached hydrogen (secondary N) is 2. The van der Waals surface area contributed by atoms with Gasteiger partial charge in [-0.15, -0.1) is 11.3 Å². The van der Waals surface area contributed by atoms with E-state index in [1.54, 1.807) is 10.9 Å². The number of hydrogen-bond acceptors (Lipinski definition) is 7. The number of carbonyl (C=O) groups excluding carboxylic acids is 1. The maximum Gasteiger partial charge on any atom is 0.254 e. The van der Waals surface area contributed by atoms with Crippen molar-refractivity contribution in [2.45, 2.75) is 25.0 Å². The Morgan fingerprint density at radius 1 is 1.50 bits per heavy atom. The number of pyridine rings is 1. The number of thiophene rings is 1. The molecule has 146 valence electrons. The summed E-state index contributed by atoms with van der Waals surface area (Å²) in [6.07, 6.45) is 2.44. The summed E-state index contributed by atoms with van der Waals surface area (Å²) in [5.41, 5.74) is 8.17. The Bertz CT molecular complexity index is 1090. The summed E-state index contributed by atoms with van der Waals surface area (Å²) in [4.78, 5) is 17.7. The highest BCUT2D eigenvalue weighted by molar-refractivity contribution is 7.22. The van der Waals surface area contributed by atoms with Gasteiger partial charge in [0, 0.05) is 37.8 Å². The fourth-order valence-electron chi connectivity index (χ4n) is 3.73. The maximum absolute atomic E-state index is 15.1. The zero-order chi connectivity index (χ0) is 19.4. The second kappa shape index (κ2) is 6.50. The van der Waals surface area contributed by atoms with Gasteiger partial charge >= 0.3 is 0 Å². The fraction of sp³-hybridized carbons (Fsp3) is 0.389. The third kappa shape index (κ3) is 2.67. The predicted molar refractivity (Wildman–Crippen MR) is 104 cm³/mol. The first-order valence-electron chi connectivity index (χ1n) is 9.05. The van der Waals surface area contributed by atoms with E-state index in [9.17, 15) is 4.79 Å². The molecule has 8 nitrogen and oxygen atoms in total. The lowest BCUT2D eigenvalue weighted by molar-refractivity contribution is 0.0751. The van der Waals surface area contributed by atoms with Crippen LogP contribution < -0.4 is 16.4 Å². The monoisotopic (exact) mass is 402 g/mol. The van der Waals surface area contributed by atoms with E-state index in [4.69, 9.17) is 10.5 Å². The Balaban J connectivity index is 1.63. The molecule has 4 N–H and O–H groups in total. The van der Waals surface area contributed by atoms with Crippen molar-refractivity contribution in [2.75, 3.05) is 18.5 Å². The number of rotatable bonds is 3. The number of nitrogens with two attached hydrogens (primary N) is 1. The molecular formula is C18H19FN6O2S. The third-order valence-corrected chi connectivity index (χ3v) is 6.35. The Morgan fingerprint density at radius 3 is 3.14 bits per heavy atom. The molecule has 3 aromatic rings. The van der Waals surface area contributed by atoms with Gasteiger partial charge in [0.05, 0.1) is 39.2 Å². The minimum Gasteiger partial charge on any atom is -0.380 e. The molecule has 1 amide bonds. The second-order valence-corrected chi connectivity index (χ2v) is 8.15. The van der Waals surface area contributed by atoms with E-state index in [2.05, 4.69) is 20.7 Å². The normalized spacial score (nSPS) is 21.8. The van der Waals surface area contributed by atoms with Crippen molar-refractivity contribution < 1.29 is 13.9 Å². The van der Waals surface area contributed by atoms with Crippen LogP contribution in [0.5, 0.6) is 0 Å². The summed E-state index contributed by atoms with van der Waals surface area (Å²) < 4.78 is 23.2. The SMILES string of the molecule is Cn1ncc2sc(-c3nc(NC4CCOCC4N)c(F)c4c3C(=O)NC4)cc21. The molecule has 10 heteroatoms. The van der Waals surface area contributed by atoms with Crippen molar-refractivity contribution in [2.24, 2.45) is 12.8 Å². The van der Waals surface area contributed by atoms with Crippen molar-refractivity contribution in [3.05, 3.63) is 29.2 Å². The van der Waals surface area contributed by atoms with Crippen LogP contribution >= 0.6 is 11.3 Å². The molecule has 2 aliphatic rings. The number of halogens is 1. The van der Waals surface area contributed by atoms with Gasteiger partial charge in [-0.3, -0.25) is 9.48 Å². The molecule has 2 unspecified atom stereocenters. The van der Waals surface area contributed by atoms with Crippen LogP contribution in [0.1, 0.15) is 22.3 Å². The summed E-state index contributed by atoms with van der Waals surface area (Å²) in [5, 5.41) is 10.1. The van der Waals surface area contributed by atoms with Gasteiger partial charge in [0.15, 0.2) is 11.6 Å². The Morgan fingerprint density at radius 2 is 2.36 bits per heavy atom. The Kier molecular flexibility index (Phi) is 4.07. The molecule has 0 aromatic carbocycles. The van der Waals surface area contributed by atoms with Gasteiger partial charge in [-0.25, -0.2) is 9.37 Å². The number of anilines is 1. The first-order valence-corrected chi connectivity index (χ1v) is 9.87. The summed E-state index contributed by atoms with van der Waals surface area (Å²) in [6.45, 7) is 1.13. The number of nitrogens with zero attached hydrogens (tertiary/aromatic N) is 3. The van der Waals surface area contributed by atoms with Crippen molar-refractivity contribution in [3.63, 3.8) is 0 Å². The molecule has 1 saturated heterocycles. The molecule has 0 spiro atoms. The van der Waals surface area contributed by atoms with Crippen LogP contribution in [0, 0.1) is 5.82 Å². The van der Waals surface area contributed by atoms with Gasteiger partial charge in [0.1, 0.15) is 0 Å². The van der Waals surface area contributed by atoms with E-state index >= 15 is 4.39 Å². The minimum atomic E-state index is -0.501. The molecule has 0 bridgehead atoms.